The minimum Gasteiger partial charge on any atom is -0.496 e. The molecule has 0 saturated carbocycles. The molecule has 7 heteroatoms. The number of carbonyl (C=O) groups is 1. The number of methoxy groups -OCH3 is 1. The van der Waals surface area contributed by atoms with Gasteiger partial charge in [0.15, 0.2) is 0 Å². The first-order chi connectivity index (χ1) is 15.8. The number of hydrogen-bond donors (Lipinski definition) is 1. The number of halogens is 3. The fourth-order valence-corrected chi connectivity index (χ4v) is 4.06. The van der Waals surface area contributed by atoms with Crippen LogP contribution in [0.3, 0.4) is 0 Å². The zero-order chi connectivity index (χ0) is 23.7. The van der Waals surface area contributed by atoms with E-state index >= 15 is 0 Å². The second-order valence-electron chi connectivity index (χ2n) is 7.56. The lowest BCUT2D eigenvalue weighted by atomic mass is 9.96. The van der Waals surface area contributed by atoms with Gasteiger partial charge in [-0.25, -0.2) is 4.39 Å². The van der Waals surface area contributed by atoms with Gasteiger partial charge in [-0.2, -0.15) is 0 Å². The Morgan fingerprint density at radius 3 is 2.52 bits per heavy atom. The van der Waals surface area contributed by atoms with Crippen molar-refractivity contribution in [1.82, 2.24) is 0 Å². The maximum atomic E-state index is 13.4. The summed E-state index contributed by atoms with van der Waals surface area (Å²) in [6.07, 6.45) is 3.16. The largest absolute Gasteiger partial charge is 0.496 e. The lowest BCUT2D eigenvalue weighted by molar-refractivity contribution is -0.111. The SMILES string of the molecule is COc1c(/C(C)=C/C(=O)Nc2ccc(F)c(Cl)c2)cc2c(-c3ccc(Cl)cc3)coc2c1C. The van der Waals surface area contributed by atoms with E-state index in [1.54, 1.807) is 13.4 Å². The van der Waals surface area contributed by atoms with E-state index in [1.807, 2.05) is 44.2 Å². The summed E-state index contributed by atoms with van der Waals surface area (Å²) in [5.74, 6) is -0.308. The lowest BCUT2D eigenvalue weighted by Crippen LogP contribution is -2.09. The molecular formula is C26H20Cl2FNO3. The first-order valence-corrected chi connectivity index (χ1v) is 10.8. The van der Waals surface area contributed by atoms with Gasteiger partial charge in [0.1, 0.15) is 17.1 Å². The van der Waals surface area contributed by atoms with E-state index in [4.69, 9.17) is 32.4 Å². The zero-order valence-corrected chi connectivity index (χ0v) is 19.6. The topological polar surface area (TPSA) is 51.5 Å². The van der Waals surface area contributed by atoms with E-state index in [0.717, 1.165) is 27.6 Å². The molecule has 4 nitrogen and oxygen atoms in total. The van der Waals surface area contributed by atoms with E-state index in [1.165, 1.54) is 24.3 Å². The highest BCUT2D eigenvalue weighted by atomic mass is 35.5. The Labute approximate surface area is 200 Å². The summed E-state index contributed by atoms with van der Waals surface area (Å²) in [5.41, 5.74) is 5.24. The van der Waals surface area contributed by atoms with Gasteiger partial charge in [-0.3, -0.25) is 4.79 Å². The molecular weight excluding hydrogens is 464 g/mol. The number of amides is 1. The van der Waals surface area contributed by atoms with E-state index < -0.39 is 5.82 Å². The van der Waals surface area contributed by atoms with Crippen LogP contribution in [-0.4, -0.2) is 13.0 Å². The molecule has 1 aromatic heterocycles. The Balaban J connectivity index is 1.74. The van der Waals surface area contributed by atoms with Gasteiger partial charge in [-0.15, -0.1) is 0 Å². The first-order valence-electron chi connectivity index (χ1n) is 10.1. The van der Waals surface area contributed by atoms with E-state index in [0.29, 0.717) is 27.6 Å². The third-order valence-electron chi connectivity index (χ3n) is 5.36. The Morgan fingerprint density at radius 2 is 1.85 bits per heavy atom. The smallest absolute Gasteiger partial charge is 0.248 e. The second kappa shape index (κ2) is 9.30. The van der Waals surface area contributed by atoms with E-state index in [-0.39, 0.29) is 10.9 Å². The highest BCUT2D eigenvalue weighted by Crippen LogP contribution is 2.40. The maximum Gasteiger partial charge on any atom is 0.248 e. The Bertz CT molecular complexity index is 1390. The number of rotatable bonds is 5. The van der Waals surface area contributed by atoms with Crippen LogP contribution < -0.4 is 10.1 Å². The molecule has 1 amide bonds. The summed E-state index contributed by atoms with van der Waals surface area (Å²) in [6.45, 7) is 3.73. The van der Waals surface area contributed by atoms with Gasteiger partial charge >= 0.3 is 0 Å². The van der Waals surface area contributed by atoms with Crippen molar-refractivity contribution in [1.29, 1.82) is 0 Å². The molecule has 0 spiro atoms. The standard InChI is InChI=1S/C26H20Cl2FNO3/c1-14(10-24(31)30-18-8-9-23(29)22(28)11-18)19-12-20-21(16-4-6-17(27)7-5-16)13-33-26(20)15(2)25(19)32-3/h4-13H,1-3H3,(H,30,31)/b14-10+. The van der Waals surface area contributed by atoms with Crippen LogP contribution in [0.1, 0.15) is 18.1 Å². The molecule has 1 N–H and O–H groups in total. The number of aryl methyl sites for hydroxylation is 1. The van der Waals surface area contributed by atoms with Crippen LogP contribution in [-0.2, 0) is 4.79 Å². The van der Waals surface area contributed by atoms with Crippen molar-refractivity contribution in [2.75, 3.05) is 12.4 Å². The van der Waals surface area contributed by atoms with Crippen molar-refractivity contribution in [2.24, 2.45) is 0 Å². The Kier molecular flexibility index (Phi) is 6.45. The molecule has 33 heavy (non-hydrogen) atoms. The molecule has 0 fully saturated rings. The minimum absolute atomic E-state index is 0.0640. The van der Waals surface area contributed by atoms with Crippen molar-refractivity contribution in [2.45, 2.75) is 13.8 Å². The summed E-state index contributed by atoms with van der Waals surface area (Å²) >= 11 is 11.8. The van der Waals surface area contributed by atoms with Crippen molar-refractivity contribution in [3.63, 3.8) is 0 Å². The van der Waals surface area contributed by atoms with Crippen LogP contribution in [0.4, 0.5) is 10.1 Å². The van der Waals surface area contributed by atoms with Crippen molar-refractivity contribution < 1.29 is 18.3 Å². The highest BCUT2D eigenvalue weighted by molar-refractivity contribution is 6.31. The molecule has 0 atom stereocenters. The zero-order valence-electron chi connectivity index (χ0n) is 18.1. The van der Waals surface area contributed by atoms with Gasteiger partial charge in [-0.1, -0.05) is 35.3 Å². The predicted molar refractivity (Wildman–Crippen MR) is 132 cm³/mol. The molecule has 0 aliphatic carbocycles. The third-order valence-corrected chi connectivity index (χ3v) is 5.90. The van der Waals surface area contributed by atoms with Crippen LogP contribution in [0.25, 0.3) is 27.7 Å². The number of nitrogens with one attached hydrogen (secondary N) is 1. The fourth-order valence-electron chi connectivity index (χ4n) is 3.75. The van der Waals surface area contributed by atoms with Crippen molar-refractivity contribution in [3.8, 4) is 16.9 Å². The van der Waals surface area contributed by atoms with Gasteiger partial charge in [0.2, 0.25) is 5.91 Å². The van der Waals surface area contributed by atoms with Gasteiger partial charge in [0, 0.05) is 38.9 Å². The molecule has 4 aromatic rings. The monoisotopic (exact) mass is 483 g/mol. The summed E-state index contributed by atoms with van der Waals surface area (Å²) in [4.78, 5) is 12.6. The molecule has 0 unspecified atom stereocenters. The van der Waals surface area contributed by atoms with Crippen LogP contribution in [0.2, 0.25) is 10.0 Å². The molecule has 168 valence electrons. The summed E-state index contributed by atoms with van der Waals surface area (Å²) in [7, 11) is 1.58. The van der Waals surface area contributed by atoms with E-state index in [2.05, 4.69) is 5.32 Å². The van der Waals surface area contributed by atoms with Crippen molar-refractivity contribution >= 4 is 51.3 Å². The van der Waals surface area contributed by atoms with E-state index in [9.17, 15) is 9.18 Å². The Hall–Kier alpha value is -3.28. The molecule has 0 saturated heterocycles. The number of fused-ring (bicyclic) bond motifs is 1. The number of benzene rings is 3. The summed E-state index contributed by atoms with van der Waals surface area (Å²) in [5, 5.41) is 4.18. The van der Waals surface area contributed by atoms with Gasteiger partial charge < -0.3 is 14.5 Å². The number of allylic oxidation sites excluding steroid dienone is 1. The van der Waals surface area contributed by atoms with Crippen LogP contribution in [0.5, 0.6) is 5.75 Å². The predicted octanol–water partition coefficient (Wildman–Crippen LogP) is 7.90. The molecule has 0 radical (unpaired) electrons. The van der Waals surface area contributed by atoms with Crippen molar-refractivity contribution in [3.05, 3.63) is 87.9 Å². The number of hydrogen-bond acceptors (Lipinski definition) is 3. The van der Waals surface area contributed by atoms with Crippen LogP contribution >= 0.6 is 23.2 Å². The third kappa shape index (κ3) is 4.61. The molecule has 3 aromatic carbocycles. The number of ether oxygens (including phenoxy) is 1. The van der Waals surface area contributed by atoms with Gasteiger partial charge in [0.05, 0.1) is 18.4 Å². The van der Waals surface area contributed by atoms with Crippen LogP contribution in [0, 0.1) is 12.7 Å². The number of carbonyl (C=O) groups excluding carboxylic acids is 1. The average molecular weight is 484 g/mol. The number of furan rings is 1. The molecule has 4 rings (SSSR count). The second-order valence-corrected chi connectivity index (χ2v) is 8.40. The van der Waals surface area contributed by atoms with Gasteiger partial charge in [-0.05, 0) is 61.4 Å². The van der Waals surface area contributed by atoms with Crippen LogP contribution in [0.15, 0.2) is 65.3 Å². The maximum absolute atomic E-state index is 13.4. The molecule has 0 aliphatic rings. The first kappa shape index (κ1) is 22.9. The average Bonchev–Trinajstić information content (AvgIpc) is 3.21. The fraction of sp³-hybridized carbons (Fsp3) is 0.115. The normalized spacial score (nSPS) is 11.6. The Morgan fingerprint density at radius 1 is 1.12 bits per heavy atom. The van der Waals surface area contributed by atoms with Gasteiger partial charge in [0.25, 0.3) is 0 Å². The number of anilines is 1. The quantitative estimate of drug-likeness (QED) is 0.293. The summed E-state index contributed by atoms with van der Waals surface area (Å²) < 4.78 is 24.9. The highest BCUT2D eigenvalue weighted by Gasteiger charge is 2.19. The summed E-state index contributed by atoms with van der Waals surface area (Å²) in [6, 6.07) is 13.5. The molecule has 0 bridgehead atoms. The lowest BCUT2D eigenvalue weighted by Gasteiger charge is -2.13. The molecule has 1 heterocycles. The minimum atomic E-state index is -0.550. The molecule has 0 aliphatic heterocycles.